The molecule has 0 aliphatic carbocycles. The van der Waals surface area contributed by atoms with E-state index in [0.717, 1.165) is 32.0 Å². The molecule has 1 aliphatic heterocycles. The predicted octanol–water partition coefficient (Wildman–Crippen LogP) is 1.75. The molecule has 0 spiro atoms. The highest BCUT2D eigenvalue weighted by molar-refractivity contribution is 5.80. The first-order chi connectivity index (χ1) is 11.0. The molecule has 0 radical (unpaired) electrons. The fourth-order valence-corrected chi connectivity index (χ4v) is 2.60. The van der Waals surface area contributed by atoms with Crippen LogP contribution in [0.4, 0.5) is 0 Å². The molecule has 5 nitrogen and oxygen atoms in total. The first-order valence-electron chi connectivity index (χ1n) is 8.36. The van der Waals surface area contributed by atoms with Crippen LogP contribution in [0.1, 0.15) is 26.3 Å². The first-order valence-corrected chi connectivity index (χ1v) is 8.36. The SMILES string of the molecule is CC(C)COc1ccc(CN2CCN(C(=O)C(C)O)CC2)cc1. The number of aliphatic hydroxyl groups is 1. The molecule has 1 aromatic rings. The summed E-state index contributed by atoms with van der Waals surface area (Å²) in [5.41, 5.74) is 1.25. The van der Waals surface area contributed by atoms with Crippen molar-refractivity contribution in [2.24, 2.45) is 5.92 Å². The van der Waals surface area contributed by atoms with E-state index in [1.165, 1.54) is 12.5 Å². The van der Waals surface area contributed by atoms with Crippen molar-refractivity contribution >= 4 is 5.91 Å². The molecule has 5 heteroatoms. The molecular formula is C18H28N2O3. The number of amides is 1. The van der Waals surface area contributed by atoms with Gasteiger partial charge >= 0.3 is 0 Å². The third-order valence-corrected chi connectivity index (χ3v) is 3.95. The van der Waals surface area contributed by atoms with Crippen molar-refractivity contribution in [1.82, 2.24) is 9.80 Å². The Hall–Kier alpha value is -1.59. The Morgan fingerprint density at radius 1 is 1.13 bits per heavy atom. The van der Waals surface area contributed by atoms with Gasteiger partial charge in [0, 0.05) is 32.7 Å². The normalized spacial score (nSPS) is 17.3. The number of hydrogen-bond acceptors (Lipinski definition) is 4. The lowest BCUT2D eigenvalue weighted by Gasteiger charge is -2.35. The number of hydrogen-bond donors (Lipinski definition) is 1. The van der Waals surface area contributed by atoms with Crippen LogP contribution in [0.5, 0.6) is 5.75 Å². The summed E-state index contributed by atoms with van der Waals surface area (Å²) in [5.74, 6) is 1.27. The van der Waals surface area contributed by atoms with Crippen molar-refractivity contribution in [3.8, 4) is 5.75 Å². The molecule has 1 fully saturated rings. The summed E-state index contributed by atoms with van der Waals surface area (Å²) in [6.45, 7) is 10.4. The van der Waals surface area contributed by atoms with Crippen molar-refractivity contribution in [2.45, 2.75) is 33.4 Å². The summed E-state index contributed by atoms with van der Waals surface area (Å²) in [6, 6.07) is 8.24. The van der Waals surface area contributed by atoms with Gasteiger partial charge in [-0.3, -0.25) is 9.69 Å². The van der Waals surface area contributed by atoms with Gasteiger partial charge in [-0.15, -0.1) is 0 Å². The van der Waals surface area contributed by atoms with Gasteiger partial charge in [-0.25, -0.2) is 0 Å². The Bertz CT molecular complexity index is 491. The molecule has 1 amide bonds. The highest BCUT2D eigenvalue weighted by Crippen LogP contribution is 2.15. The second-order valence-electron chi connectivity index (χ2n) is 6.63. The Morgan fingerprint density at radius 3 is 2.26 bits per heavy atom. The Morgan fingerprint density at radius 2 is 1.74 bits per heavy atom. The van der Waals surface area contributed by atoms with E-state index in [1.54, 1.807) is 4.90 Å². The number of ether oxygens (including phenoxy) is 1. The fraction of sp³-hybridized carbons (Fsp3) is 0.611. The Kier molecular flexibility index (Phi) is 6.42. The van der Waals surface area contributed by atoms with E-state index in [1.807, 2.05) is 12.1 Å². The molecule has 1 aliphatic rings. The zero-order chi connectivity index (χ0) is 16.8. The maximum absolute atomic E-state index is 11.8. The largest absolute Gasteiger partial charge is 0.493 e. The minimum Gasteiger partial charge on any atom is -0.493 e. The molecular weight excluding hydrogens is 292 g/mol. The first kappa shape index (κ1) is 17.8. The number of rotatable bonds is 6. The summed E-state index contributed by atoms with van der Waals surface area (Å²) in [5, 5.41) is 9.36. The standard InChI is InChI=1S/C18H28N2O3/c1-14(2)13-23-17-6-4-16(5-7-17)12-19-8-10-20(11-9-19)18(22)15(3)21/h4-7,14-15,21H,8-13H2,1-3H3. The van der Waals surface area contributed by atoms with E-state index in [0.29, 0.717) is 19.0 Å². The Balaban J connectivity index is 1.79. The van der Waals surface area contributed by atoms with E-state index >= 15 is 0 Å². The van der Waals surface area contributed by atoms with Crippen molar-refractivity contribution < 1.29 is 14.6 Å². The molecule has 1 unspecified atom stereocenters. The predicted molar refractivity (Wildman–Crippen MR) is 90.3 cm³/mol. The van der Waals surface area contributed by atoms with Crippen LogP contribution in [0, 0.1) is 5.92 Å². The molecule has 23 heavy (non-hydrogen) atoms. The zero-order valence-corrected chi connectivity index (χ0v) is 14.4. The monoisotopic (exact) mass is 320 g/mol. The number of carbonyl (C=O) groups is 1. The summed E-state index contributed by atoms with van der Waals surface area (Å²) in [7, 11) is 0. The van der Waals surface area contributed by atoms with Gasteiger partial charge in [0.15, 0.2) is 0 Å². The molecule has 1 aromatic carbocycles. The summed E-state index contributed by atoms with van der Waals surface area (Å²) < 4.78 is 5.69. The molecule has 1 saturated heterocycles. The maximum Gasteiger partial charge on any atom is 0.251 e. The lowest BCUT2D eigenvalue weighted by atomic mass is 10.2. The topological polar surface area (TPSA) is 53.0 Å². The van der Waals surface area contributed by atoms with Crippen molar-refractivity contribution in [3.63, 3.8) is 0 Å². The molecule has 2 rings (SSSR count). The van der Waals surface area contributed by atoms with E-state index in [-0.39, 0.29) is 5.91 Å². The maximum atomic E-state index is 11.8. The lowest BCUT2D eigenvalue weighted by Crippen LogP contribution is -2.50. The molecule has 1 N–H and O–H groups in total. The van der Waals surface area contributed by atoms with Gasteiger partial charge in [-0.1, -0.05) is 26.0 Å². The molecule has 0 bridgehead atoms. The number of aliphatic hydroxyl groups excluding tert-OH is 1. The summed E-state index contributed by atoms with van der Waals surface area (Å²) >= 11 is 0. The molecule has 1 heterocycles. The lowest BCUT2D eigenvalue weighted by molar-refractivity contribution is -0.141. The fourth-order valence-electron chi connectivity index (χ4n) is 2.60. The van der Waals surface area contributed by atoms with Gasteiger partial charge in [-0.05, 0) is 30.5 Å². The van der Waals surface area contributed by atoms with Crippen LogP contribution >= 0.6 is 0 Å². The van der Waals surface area contributed by atoms with Gasteiger partial charge in [0.05, 0.1) is 6.61 Å². The number of benzene rings is 1. The van der Waals surface area contributed by atoms with Crippen LogP contribution in [-0.2, 0) is 11.3 Å². The summed E-state index contributed by atoms with van der Waals surface area (Å²) in [4.78, 5) is 15.8. The van der Waals surface area contributed by atoms with Gasteiger partial charge < -0.3 is 14.7 Å². The minimum atomic E-state index is -0.903. The van der Waals surface area contributed by atoms with E-state index in [9.17, 15) is 9.90 Å². The van der Waals surface area contributed by atoms with Crippen LogP contribution in [-0.4, -0.2) is 59.7 Å². The third-order valence-electron chi connectivity index (χ3n) is 3.95. The van der Waals surface area contributed by atoms with Gasteiger partial charge in [-0.2, -0.15) is 0 Å². The smallest absolute Gasteiger partial charge is 0.251 e. The van der Waals surface area contributed by atoms with E-state index in [4.69, 9.17) is 4.74 Å². The Labute approximate surface area is 138 Å². The quantitative estimate of drug-likeness (QED) is 0.867. The number of carbonyl (C=O) groups excluding carboxylic acids is 1. The average Bonchev–Trinajstić information content (AvgIpc) is 2.54. The summed E-state index contributed by atoms with van der Waals surface area (Å²) in [6.07, 6.45) is -0.903. The highest BCUT2D eigenvalue weighted by atomic mass is 16.5. The highest BCUT2D eigenvalue weighted by Gasteiger charge is 2.23. The zero-order valence-electron chi connectivity index (χ0n) is 14.4. The molecule has 0 saturated carbocycles. The van der Waals surface area contributed by atoms with Gasteiger partial charge in [0.1, 0.15) is 11.9 Å². The minimum absolute atomic E-state index is 0.170. The molecule has 1 atom stereocenters. The molecule has 128 valence electrons. The number of piperazine rings is 1. The van der Waals surface area contributed by atoms with Gasteiger partial charge in [0.2, 0.25) is 0 Å². The number of nitrogens with zero attached hydrogens (tertiary/aromatic N) is 2. The second-order valence-corrected chi connectivity index (χ2v) is 6.63. The van der Waals surface area contributed by atoms with Gasteiger partial charge in [0.25, 0.3) is 5.91 Å². The van der Waals surface area contributed by atoms with Crippen molar-refractivity contribution in [1.29, 1.82) is 0 Å². The van der Waals surface area contributed by atoms with Crippen LogP contribution in [0.3, 0.4) is 0 Å². The van der Waals surface area contributed by atoms with Crippen molar-refractivity contribution in [2.75, 3.05) is 32.8 Å². The van der Waals surface area contributed by atoms with Crippen molar-refractivity contribution in [3.05, 3.63) is 29.8 Å². The average molecular weight is 320 g/mol. The van der Waals surface area contributed by atoms with E-state index < -0.39 is 6.10 Å². The second kappa shape index (κ2) is 8.31. The van der Waals surface area contributed by atoms with Crippen LogP contribution in [0.15, 0.2) is 24.3 Å². The third kappa shape index (κ3) is 5.52. The van der Waals surface area contributed by atoms with E-state index in [2.05, 4.69) is 30.9 Å². The van der Waals surface area contributed by atoms with Crippen LogP contribution < -0.4 is 4.74 Å². The van der Waals surface area contributed by atoms with Crippen LogP contribution in [0.25, 0.3) is 0 Å². The molecule has 0 aromatic heterocycles. The van der Waals surface area contributed by atoms with Crippen LogP contribution in [0.2, 0.25) is 0 Å².